The van der Waals surface area contributed by atoms with Gasteiger partial charge in [-0.2, -0.15) is 8.42 Å². The number of primary amides is 1. The zero-order valence-corrected chi connectivity index (χ0v) is 12.2. The Morgan fingerprint density at radius 2 is 1.91 bits per heavy atom. The molecule has 0 atom stereocenters. The molecule has 0 aliphatic heterocycles. The van der Waals surface area contributed by atoms with E-state index in [0.717, 1.165) is 0 Å². The Bertz CT molecular complexity index is 829. The van der Waals surface area contributed by atoms with E-state index in [4.69, 9.17) is 5.73 Å². The van der Waals surface area contributed by atoms with E-state index in [2.05, 4.69) is 16.9 Å². The molecule has 0 radical (unpaired) electrons. The molecule has 2 aromatic rings. The third kappa shape index (κ3) is 3.48. The van der Waals surface area contributed by atoms with E-state index >= 15 is 0 Å². The fourth-order valence-corrected chi connectivity index (χ4v) is 2.50. The Labute approximate surface area is 127 Å². The van der Waals surface area contributed by atoms with Crippen LogP contribution >= 0.6 is 0 Å². The molecule has 114 valence electrons. The molecule has 1 heterocycles. The predicted octanol–water partition coefficient (Wildman–Crippen LogP) is 1.51. The van der Waals surface area contributed by atoms with Gasteiger partial charge >= 0.3 is 0 Å². The van der Waals surface area contributed by atoms with Gasteiger partial charge in [0.25, 0.3) is 10.1 Å². The topological polar surface area (TPSA) is 122 Å². The molecular weight excluding hydrogens is 306 g/mol. The van der Waals surface area contributed by atoms with Crippen molar-refractivity contribution in [3.8, 4) is 0 Å². The fourth-order valence-electron chi connectivity index (χ4n) is 1.78. The molecule has 2 rings (SSSR count). The maximum Gasteiger partial charge on any atom is 0.295 e. The Morgan fingerprint density at radius 1 is 1.23 bits per heavy atom. The van der Waals surface area contributed by atoms with Gasteiger partial charge in [-0.25, -0.2) is 4.98 Å². The van der Waals surface area contributed by atoms with Crippen molar-refractivity contribution in [3.05, 3.63) is 60.3 Å². The molecule has 1 aromatic heterocycles. The average Bonchev–Trinajstić information content (AvgIpc) is 2.47. The molecule has 7 nitrogen and oxygen atoms in total. The molecule has 1 aromatic carbocycles. The van der Waals surface area contributed by atoms with Gasteiger partial charge in [0.05, 0.1) is 5.56 Å². The van der Waals surface area contributed by atoms with Crippen molar-refractivity contribution in [1.29, 1.82) is 0 Å². The van der Waals surface area contributed by atoms with Crippen molar-refractivity contribution < 1.29 is 17.8 Å². The second-order valence-electron chi connectivity index (χ2n) is 4.37. The highest BCUT2D eigenvalue weighted by Gasteiger charge is 2.16. The van der Waals surface area contributed by atoms with E-state index in [1.165, 1.54) is 36.5 Å². The number of carbonyl (C=O) groups is 1. The summed E-state index contributed by atoms with van der Waals surface area (Å²) in [5, 5.41) is 2.80. The van der Waals surface area contributed by atoms with E-state index in [1.54, 1.807) is 6.07 Å². The molecule has 4 N–H and O–H groups in total. The number of aromatic nitrogens is 1. The van der Waals surface area contributed by atoms with E-state index in [-0.39, 0.29) is 21.7 Å². The lowest BCUT2D eigenvalue weighted by Gasteiger charge is -2.12. The number of carbonyl (C=O) groups excluding carboxylic acids is 1. The normalized spacial score (nSPS) is 11.0. The van der Waals surface area contributed by atoms with Gasteiger partial charge in [0, 0.05) is 17.5 Å². The molecule has 0 fully saturated rings. The van der Waals surface area contributed by atoms with Crippen molar-refractivity contribution in [2.75, 3.05) is 5.32 Å². The van der Waals surface area contributed by atoms with Crippen LogP contribution in [0.2, 0.25) is 0 Å². The van der Waals surface area contributed by atoms with Crippen LogP contribution in [-0.4, -0.2) is 23.9 Å². The third-order valence-electron chi connectivity index (χ3n) is 2.82. The van der Waals surface area contributed by atoms with Gasteiger partial charge in [-0.1, -0.05) is 24.8 Å². The maximum atomic E-state index is 11.3. The summed E-state index contributed by atoms with van der Waals surface area (Å²) in [6, 6.07) is 8.83. The maximum absolute atomic E-state index is 11.3. The largest absolute Gasteiger partial charge is 0.366 e. The van der Waals surface area contributed by atoms with Gasteiger partial charge in [0.15, 0.2) is 0 Å². The van der Waals surface area contributed by atoms with Crippen LogP contribution < -0.4 is 11.1 Å². The molecule has 0 saturated heterocycles. The summed E-state index contributed by atoms with van der Waals surface area (Å²) in [5.74, 6) is -0.255. The average molecular weight is 319 g/mol. The smallest absolute Gasteiger partial charge is 0.295 e. The Hall–Kier alpha value is -2.71. The minimum atomic E-state index is -4.37. The molecule has 0 aliphatic carbocycles. The standard InChI is InChI=1S/C14H13N3O4S/c1-9(11-4-2-3-5-12(11)22(19,20)21)17-13-7-6-10(8-16-13)14(15)18/h2-8H,1H2,(H2,15,18)(H,16,17)(H,19,20,21). The fraction of sp³-hybridized carbons (Fsp3) is 0. The van der Waals surface area contributed by atoms with Crippen LogP contribution in [0.3, 0.4) is 0 Å². The predicted molar refractivity (Wildman–Crippen MR) is 81.7 cm³/mol. The number of nitrogens with two attached hydrogens (primary N) is 1. The zero-order valence-electron chi connectivity index (χ0n) is 11.4. The minimum Gasteiger partial charge on any atom is -0.366 e. The molecular formula is C14H13N3O4S. The first-order chi connectivity index (χ1) is 10.3. The zero-order chi connectivity index (χ0) is 16.3. The van der Waals surface area contributed by atoms with Crippen molar-refractivity contribution in [2.45, 2.75) is 4.90 Å². The highest BCUT2D eigenvalue weighted by Crippen LogP contribution is 2.23. The van der Waals surface area contributed by atoms with E-state index in [1.807, 2.05) is 0 Å². The van der Waals surface area contributed by atoms with E-state index in [9.17, 15) is 17.8 Å². The second-order valence-corrected chi connectivity index (χ2v) is 5.76. The van der Waals surface area contributed by atoms with Crippen LogP contribution in [0.4, 0.5) is 5.82 Å². The van der Waals surface area contributed by atoms with E-state index < -0.39 is 16.0 Å². The van der Waals surface area contributed by atoms with Crippen LogP contribution in [0.5, 0.6) is 0 Å². The Balaban J connectivity index is 2.28. The van der Waals surface area contributed by atoms with Crippen LogP contribution in [0.1, 0.15) is 15.9 Å². The van der Waals surface area contributed by atoms with Crippen LogP contribution in [0.15, 0.2) is 54.1 Å². The van der Waals surface area contributed by atoms with Gasteiger partial charge in [-0.15, -0.1) is 0 Å². The number of hydrogen-bond donors (Lipinski definition) is 3. The monoisotopic (exact) mass is 319 g/mol. The Kier molecular flexibility index (Phi) is 4.25. The second kappa shape index (κ2) is 5.96. The van der Waals surface area contributed by atoms with Crippen molar-refractivity contribution in [2.24, 2.45) is 5.73 Å². The number of rotatable bonds is 5. The summed E-state index contributed by atoms with van der Waals surface area (Å²) in [6.45, 7) is 3.73. The van der Waals surface area contributed by atoms with Gasteiger partial charge in [-0.05, 0) is 18.2 Å². The van der Waals surface area contributed by atoms with Crippen molar-refractivity contribution in [3.63, 3.8) is 0 Å². The van der Waals surface area contributed by atoms with Crippen LogP contribution in [0, 0.1) is 0 Å². The molecule has 1 amide bonds. The summed E-state index contributed by atoms with van der Waals surface area (Å²) in [4.78, 5) is 14.7. The number of pyridine rings is 1. The third-order valence-corrected chi connectivity index (χ3v) is 3.73. The van der Waals surface area contributed by atoms with Gasteiger partial charge in [0.1, 0.15) is 10.7 Å². The lowest BCUT2D eigenvalue weighted by Crippen LogP contribution is -2.11. The van der Waals surface area contributed by atoms with Gasteiger partial charge in [0.2, 0.25) is 5.91 Å². The summed E-state index contributed by atoms with van der Waals surface area (Å²) in [7, 11) is -4.37. The lowest BCUT2D eigenvalue weighted by molar-refractivity contribution is 0.1000. The number of benzene rings is 1. The molecule has 0 spiro atoms. The van der Waals surface area contributed by atoms with E-state index in [0.29, 0.717) is 5.82 Å². The number of hydrogen-bond acceptors (Lipinski definition) is 5. The minimum absolute atomic E-state index is 0.214. The number of amides is 1. The van der Waals surface area contributed by atoms with Crippen LogP contribution in [-0.2, 0) is 10.1 Å². The highest BCUT2D eigenvalue weighted by atomic mass is 32.2. The first-order valence-corrected chi connectivity index (χ1v) is 7.51. The quantitative estimate of drug-likeness (QED) is 0.718. The van der Waals surface area contributed by atoms with Gasteiger partial charge < -0.3 is 11.1 Å². The molecule has 22 heavy (non-hydrogen) atoms. The number of nitrogens with one attached hydrogen (secondary N) is 1. The lowest BCUT2D eigenvalue weighted by atomic mass is 10.1. The molecule has 0 aliphatic rings. The first kappa shape index (κ1) is 15.7. The summed E-state index contributed by atoms with van der Waals surface area (Å²) in [5.41, 5.74) is 5.80. The Morgan fingerprint density at radius 3 is 2.45 bits per heavy atom. The molecule has 0 unspecified atom stereocenters. The summed E-state index contributed by atoms with van der Waals surface area (Å²) >= 11 is 0. The highest BCUT2D eigenvalue weighted by molar-refractivity contribution is 7.86. The van der Waals surface area contributed by atoms with Gasteiger partial charge in [-0.3, -0.25) is 9.35 Å². The van der Waals surface area contributed by atoms with Crippen LogP contribution in [0.25, 0.3) is 5.70 Å². The van der Waals surface area contributed by atoms with Crippen molar-refractivity contribution >= 4 is 27.5 Å². The number of nitrogens with zero attached hydrogens (tertiary/aromatic N) is 1. The SMILES string of the molecule is C=C(Nc1ccc(C(N)=O)cn1)c1ccccc1S(=O)(=O)O. The summed E-state index contributed by atoms with van der Waals surface area (Å²) in [6.07, 6.45) is 1.28. The molecule has 0 saturated carbocycles. The summed E-state index contributed by atoms with van der Waals surface area (Å²) < 4.78 is 31.9. The molecule has 8 heteroatoms. The molecule has 0 bridgehead atoms. The number of anilines is 1. The van der Waals surface area contributed by atoms with Crippen molar-refractivity contribution in [1.82, 2.24) is 4.98 Å². The first-order valence-electron chi connectivity index (χ1n) is 6.07.